The van der Waals surface area contributed by atoms with E-state index < -0.39 is 5.97 Å². The molecule has 2 rings (SSSR count). The Morgan fingerprint density at radius 1 is 1.69 bits per heavy atom. The van der Waals surface area contributed by atoms with Crippen LogP contribution in [0.5, 0.6) is 0 Å². The molecule has 1 unspecified atom stereocenters. The number of carboxylic acid groups (broad SMARTS) is 1. The Balaban J connectivity index is 2.17. The van der Waals surface area contributed by atoms with Crippen LogP contribution >= 0.6 is 11.3 Å². The van der Waals surface area contributed by atoms with Crippen molar-refractivity contribution in [3.63, 3.8) is 0 Å². The number of carboxylic acids is 1. The van der Waals surface area contributed by atoms with Crippen LogP contribution in [-0.2, 0) is 0 Å². The molecule has 0 amide bonds. The van der Waals surface area contributed by atoms with Gasteiger partial charge in [0.1, 0.15) is 4.88 Å². The molecule has 3 N–H and O–H groups in total. The minimum Gasteiger partial charge on any atom is -0.477 e. The number of carbonyl (C=O) groups is 1. The molecular weight excluding hydrogens is 226 g/mol. The fraction of sp³-hybridized carbons (Fsp3) is 0.500. The van der Waals surface area contributed by atoms with Crippen molar-refractivity contribution in [2.45, 2.75) is 6.04 Å². The topological polar surface area (TPSA) is 64.6 Å². The lowest BCUT2D eigenvalue weighted by molar-refractivity contribution is 0.0703. The van der Waals surface area contributed by atoms with E-state index >= 15 is 0 Å². The minimum absolute atomic E-state index is 0.246. The molecule has 1 aromatic rings. The van der Waals surface area contributed by atoms with Crippen molar-refractivity contribution in [2.24, 2.45) is 0 Å². The van der Waals surface area contributed by atoms with E-state index in [2.05, 4.69) is 15.5 Å². The highest BCUT2D eigenvalue weighted by Gasteiger charge is 2.24. The maximum Gasteiger partial charge on any atom is 0.348 e. The summed E-state index contributed by atoms with van der Waals surface area (Å²) in [6.07, 6.45) is 0. The van der Waals surface area contributed by atoms with Crippen LogP contribution in [-0.4, -0.2) is 49.2 Å². The van der Waals surface area contributed by atoms with Crippen molar-refractivity contribution >= 4 is 28.7 Å². The molecule has 1 aliphatic rings. The Hall–Kier alpha value is -1.27. The first-order valence-electron chi connectivity index (χ1n) is 5.08. The second kappa shape index (κ2) is 4.31. The van der Waals surface area contributed by atoms with Gasteiger partial charge in [0, 0.05) is 18.5 Å². The van der Waals surface area contributed by atoms with Crippen LogP contribution in [0.1, 0.15) is 9.67 Å². The molecule has 0 bridgehead atoms. The quantitative estimate of drug-likeness (QED) is 0.742. The van der Waals surface area contributed by atoms with Gasteiger partial charge in [-0.3, -0.25) is 0 Å². The predicted octanol–water partition coefficient (Wildman–Crippen LogP) is 1.21. The van der Waals surface area contributed by atoms with Gasteiger partial charge in [-0.05, 0) is 14.1 Å². The highest BCUT2D eigenvalue weighted by atomic mass is 32.1. The number of fused-ring (bicyclic) bond motifs is 1. The number of anilines is 2. The smallest absolute Gasteiger partial charge is 0.348 e. The number of nitrogens with one attached hydrogen (secondary N) is 2. The van der Waals surface area contributed by atoms with E-state index in [4.69, 9.17) is 5.11 Å². The van der Waals surface area contributed by atoms with Crippen LogP contribution in [0.4, 0.5) is 11.4 Å². The third-order valence-electron chi connectivity index (χ3n) is 2.46. The third-order valence-corrected chi connectivity index (χ3v) is 3.43. The van der Waals surface area contributed by atoms with Gasteiger partial charge in [0.05, 0.1) is 17.4 Å². The molecule has 0 aliphatic carbocycles. The lowest BCUT2D eigenvalue weighted by Crippen LogP contribution is -2.40. The Bertz CT molecular complexity index is 403. The normalized spacial score (nSPS) is 18.8. The zero-order chi connectivity index (χ0) is 11.7. The van der Waals surface area contributed by atoms with E-state index in [9.17, 15) is 4.79 Å². The Labute approximate surface area is 98.1 Å². The van der Waals surface area contributed by atoms with Crippen LogP contribution in [0.3, 0.4) is 0 Å². The first-order chi connectivity index (χ1) is 7.58. The summed E-state index contributed by atoms with van der Waals surface area (Å²) in [5, 5.41) is 17.4. The molecule has 0 saturated heterocycles. The molecule has 88 valence electrons. The highest BCUT2D eigenvalue weighted by molar-refractivity contribution is 7.13. The summed E-state index contributed by atoms with van der Waals surface area (Å²) >= 11 is 1.26. The molecule has 16 heavy (non-hydrogen) atoms. The molecule has 2 heterocycles. The molecule has 0 spiro atoms. The minimum atomic E-state index is -0.869. The van der Waals surface area contributed by atoms with Gasteiger partial charge in [-0.2, -0.15) is 0 Å². The van der Waals surface area contributed by atoms with Gasteiger partial charge in [0.25, 0.3) is 0 Å². The van der Waals surface area contributed by atoms with Crippen molar-refractivity contribution in [3.05, 3.63) is 10.3 Å². The summed E-state index contributed by atoms with van der Waals surface area (Å²) in [6.45, 7) is 1.70. The monoisotopic (exact) mass is 241 g/mol. The summed E-state index contributed by atoms with van der Waals surface area (Å²) in [7, 11) is 4.01. The molecule has 0 aromatic carbocycles. The molecule has 0 saturated carbocycles. The number of likely N-dealkylation sites (N-methyl/N-ethyl adjacent to an activating group) is 1. The zero-order valence-corrected chi connectivity index (χ0v) is 10.1. The van der Waals surface area contributed by atoms with Gasteiger partial charge in [-0.15, -0.1) is 11.3 Å². The predicted molar refractivity (Wildman–Crippen MR) is 65.7 cm³/mol. The van der Waals surface area contributed by atoms with Crippen LogP contribution < -0.4 is 10.6 Å². The summed E-state index contributed by atoms with van der Waals surface area (Å²) in [5.74, 6) is -0.869. The van der Waals surface area contributed by atoms with Gasteiger partial charge >= 0.3 is 5.97 Å². The maximum absolute atomic E-state index is 11.0. The SMILES string of the molecule is CN(C)CC1CNc2csc(C(=O)O)c2N1. The van der Waals surface area contributed by atoms with Gasteiger partial charge in [-0.25, -0.2) is 4.79 Å². The molecule has 1 aliphatic heterocycles. The average molecular weight is 241 g/mol. The molecular formula is C10H15N3O2S. The lowest BCUT2D eigenvalue weighted by atomic mass is 10.2. The maximum atomic E-state index is 11.0. The van der Waals surface area contributed by atoms with Crippen LogP contribution in [0.2, 0.25) is 0 Å². The Morgan fingerprint density at radius 3 is 3.06 bits per heavy atom. The first-order valence-corrected chi connectivity index (χ1v) is 5.96. The van der Waals surface area contributed by atoms with Crippen LogP contribution in [0.15, 0.2) is 5.38 Å². The summed E-state index contributed by atoms with van der Waals surface area (Å²) in [5.41, 5.74) is 1.63. The van der Waals surface area contributed by atoms with Crippen molar-refractivity contribution in [3.8, 4) is 0 Å². The second-order valence-electron chi connectivity index (χ2n) is 4.14. The molecule has 5 nitrogen and oxygen atoms in total. The van der Waals surface area contributed by atoms with E-state index in [-0.39, 0.29) is 6.04 Å². The standard InChI is InChI=1S/C10H15N3O2S/c1-13(2)4-6-3-11-7-5-16-9(10(14)15)8(7)12-6/h5-6,11-12H,3-4H2,1-2H3,(H,14,15). The van der Waals surface area contributed by atoms with Gasteiger partial charge < -0.3 is 20.6 Å². The molecule has 6 heteroatoms. The lowest BCUT2D eigenvalue weighted by Gasteiger charge is -2.28. The Kier molecular flexibility index (Phi) is 3.02. The second-order valence-corrected chi connectivity index (χ2v) is 5.02. The van der Waals surface area contributed by atoms with E-state index in [1.54, 1.807) is 0 Å². The van der Waals surface area contributed by atoms with Gasteiger partial charge in [0.15, 0.2) is 0 Å². The Morgan fingerprint density at radius 2 is 2.44 bits per heavy atom. The summed E-state index contributed by atoms with van der Waals surface area (Å²) < 4.78 is 0. The molecule has 1 atom stereocenters. The highest BCUT2D eigenvalue weighted by Crippen LogP contribution is 2.35. The average Bonchev–Trinajstić information content (AvgIpc) is 2.59. The summed E-state index contributed by atoms with van der Waals surface area (Å²) in [6, 6.07) is 0.246. The number of thiophene rings is 1. The van der Waals surface area contributed by atoms with E-state index in [1.165, 1.54) is 11.3 Å². The van der Waals surface area contributed by atoms with Crippen molar-refractivity contribution in [1.82, 2.24) is 4.90 Å². The number of rotatable bonds is 3. The van der Waals surface area contributed by atoms with Crippen molar-refractivity contribution in [1.29, 1.82) is 0 Å². The molecule has 1 aromatic heterocycles. The third kappa shape index (κ3) is 2.12. The fourth-order valence-electron chi connectivity index (χ4n) is 1.83. The first kappa shape index (κ1) is 11.2. The zero-order valence-electron chi connectivity index (χ0n) is 9.28. The largest absolute Gasteiger partial charge is 0.477 e. The number of nitrogens with zero attached hydrogens (tertiary/aromatic N) is 1. The van der Waals surface area contributed by atoms with Gasteiger partial charge in [0.2, 0.25) is 0 Å². The number of hydrogen-bond acceptors (Lipinski definition) is 5. The van der Waals surface area contributed by atoms with E-state index in [0.29, 0.717) is 4.88 Å². The van der Waals surface area contributed by atoms with E-state index in [0.717, 1.165) is 24.5 Å². The van der Waals surface area contributed by atoms with Gasteiger partial charge in [-0.1, -0.05) is 0 Å². The van der Waals surface area contributed by atoms with Crippen LogP contribution in [0.25, 0.3) is 0 Å². The molecule has 0 radical (unpaired) electrons. The number of aromatic carboxylic acids is 1. The van der Waals surface area contributed by atoms with Crippen LogP contribution in [0, 0.1) is 0 Å². The van der Waals surface area contributed by atoms with E-state index in [1.807, 2.05) is 19.5 Å². The molecule has 0 fully saturated rings. The van der Waals surface area contributed by atoms with Crippen molar-refractivity contribution in [2.75, 3.05) is 37.8 Å². The summed E-state index contributed by atoms with van der Waals surface area (Å²) in [4.78, 5) is 13.5. The van der Waals surface area contributed by atoms with Crippen molar-refractivity contribution < 1.29 is 9.90 Å². The fourth-order valence-corrected chi connectivity index (χ4v) is 2.65. The number of hydrogen-bond donors (Lipinski definition) is 3.